The van der Waals surface area contributed by atoms with E-state index in [2.05, 4.69) is 11.4 Å². The number of hydrogen-bond donors (Lipinski definition) is 1. The highest BCUT2D eigenvalue weighted by atomic mass is 35.5. The van der Waals surface area contributed by atoms with Gasteiger partial charge in [-0.3, -0.25) is 4.79 Å². The first-order chi connectivity index (χ1) is 6.65. The summed E-state index contributed by atoms with van der Waals surface area (Å²) in [7, 11) is 0. The quantitative estimate of drug-likeness (QED) is 0.805. The predicted octanol–water partition coefficient (Wildman–Crippen LogP) is 0.831. The maximum Gasteiger partial charge on any atom is 0.238 e. The van der Waals surface area contributed by atoms with Crippen molar-refractivity contribution < 1.29 is 4.79 Å². The molecule has 6 heteroatoms. The number of amides is 1. The fourth-order valence-electron chi connectivity index (χ4n) is 1.19. The molecule has 1 aliphatic rings. The first-order valence-corrected chi connectivity index (χ1v) is 5.81. The van der Waals surface area contributed by atoms with Crippen LogP contribution in [0.25, 0.3) is 0 Å². The molecular weight excluding hydrogens is 234 g/mol. The Labute approximate surface area is 101 Å². The highest BCUT2D eigenvalue weighted by Crippen LogP contribution is 2.19. The van der Waals surface area contributed by atoms with Crippen LogP contribution in [-0.4, -0.2) is 41.1 Å². The molecule has 86 valence electrons. The van der Waals surface area contributed by atoms with E-state index >= 15 is 0 Å². The van der Waals surface area contributed by atoms with E-state index in [9.17, 15) is 4.79 Å². The van der Waals surface area contributed by atoms with Crippen molar-refractivity contribution in [2.24, 2.45) is 0 Å². The minimum Gasteiger partial charge on any atom is -0.315 e. The van der Waals surface area contributed by atoms with Gasteiger partial charge in [0.2, 0.25) is 5.91 Å². The van der Waals surface area contributed by atoms with Crippen molar-refractivity contribution in [2.75, 3.05) is 18.2 Å². The lowest BCUT2D eigenvalue weighted by atomic mass is 10.3. The van der Waals surface area contributed by atoms with E-state index in [1.807, 2.05) is 13.8 Å². The van der Waals surface area contributed by atoms with Crippen molar-refractivity contribution in [3.63, 3.8) is 0 Å². The summed E-state index contributed by atoms with van der Waals surface area (Å²) in [6, 6.07) is 2.20. The summed E-state index contributed by atoms with van der Waals surface area (Å²) in [5, 5.41) is 11.8. The summed E-state index contributed by atoms with van der Waals surface area (Å²) in [6.07, 6.45) is 0. The zero-order valence-electron chi connectivity index (χ0n) is 8.90. The van der Waals surface area contributed by atoms with Crippen LogP contribution < -0.4 is 5.32 Å². The molecule has 15 heavy (non-hydrogen) atoms. The highest BCUT2D eigenvalue weighted by molar-refractivity contribution is 7.99. The van der Waals surface area contributed by atoms with E-state index < -0.39 is 0 Å². The summed E-state index contributed by atoms with van der Waals surface area (Å²) in [6.45, 7) is 4.32. The number of carbonyl (C=O) groups excluding carboxylic acids is 1. The molecule has 1 amide bonds. The van der Waals surface area contributed by atoms with E-state index in [0.29, 0.717) is 18.5 Å². The van der Waals surface area contributed by atoms with Crippen molar-refractivity contribution in [1.29, 1.82) is 5.26 Å². The second-order valence-corrected chi connectivity index (χ2v) is 4.54. The molecule has 1 saturated heterocycles. The average molecular weight is 250 g/mol. The molecule has 1 fully saturated rings. The molecule has 1 atom stereocenters. The van der Waals surface area contributed by atoms with Gasteiger partial charge in [0, 0.05) is 11.8 Å². The predicted molar refractivity (Wildman–Crippen MR) is 64.0 cm³/mol. The van der Waals surface area contributed by atoms with Gasteiger partial charge in [0.1, 0.15) is 6.04 Å². The largest absolute Gasteiger partial charge is 0.315 e. The van der Waals surface area contributed by atoms with E-state index in [-0.39, 0.29) is 24.4 Å². The molecule has 1 N–H and O–H groups in total. The van der Waals surface area contributed by atoms with Crippen molar-refractivity contribution in [3.8, 4) is 6.07 Å². The standard InChI is InChI=1S/C9H15N3OS.ClH/c1-7(2)11-4-9(13)12-6-14-5-8(12)3-10;/h7-8,11H,4-6H2,1-2H3;1H/t8-;/m1./s1. The molecule has 0 bridgehead atoms. The summed E-state index contributed by atoms with van der Waals surface area (Å²) >= 11 is 1.63. The third-order valence-electron chi connectivity index (χ3n) is 2.01. The van der Waals surface area contributed by atoms with Crippen LogP contribution in [0.5, 0.6) is 0 Å². The summed E-state index contributed by atoms with van der Waals surface area (Å²) in [5.74, 6) is 1.41. The van der Waals surface area contributed by atoms with Gasteiger partial charge < -0.3 is 10.2 Å². The van der Waals surface area contributed by atoms with E-state index in [0.717, 1.165) is 5.75 Å². The maximum atomic E-state index is 11.6. The number of nitrogens with zero attached hydrogens (tertiary/aromatic N) is 2. The first kappa shape index (κ1) is 14.6. The Morgan fingerprint density at radius 3 is 2.93 bits per heavy atom. The molecule has 0 aromatic carbocycles. The Hall–Kier alpha value is -0.440. The highest BCUT2D eigenvalue weighted by Gasteiger charge is 2.28. The first-order valence-electron chi connectivity index (χ1n) is 4.65. The number of hydrogen-bond acceptors (Lipinski definition) is 4. The molecule has 0 spiro atoms. The van der Waals surface area contributed by atoms with Gasteiger partial charge in [0.05, 0.1) is 18.5 Å². The van der Waals surface area contributed by atoms with Gasteiger partial charge in [-0.1, -0.05) is 13.8 Å². The minimum atomic E-state index is -0.235. The van der Waals surface area contributed by atoms with Crippen LogP contribution in [0.15, 0.2) is 0 Å². The van der Waals surface area contributed by atoms with Crippen LogP contribution in [0.1, 0.15) is 13.8 Å². The molecule has 4 nitrogen and oxygen atoms in total. The zero-order valence-corrected chi connectivity index (χ0v) is 10.5. The normalized spacial score (nSPS) is 19.9. The van der Waals surface area contributed by atoms with Crippen LogP contribution in [0.3, 0.4) is 0 Å². The molecule has 0 unspecified atom stereocenters. The van der Waals surface area contributed by atoms with Crippen LogP contribution in [0, 0.1) is 11.3 Å². The van der Waals surface area contributed by atoms with Crippen LogP contribution >= 0.6 is 24.2 Å². The third kappa shape index (κ3) is 4.29. The van der Waals surface area contributed by atoms with Gasteiger partial charge >= 0.3 is 0 Å². The van der Waals surface area contributed by atoms with Gasteiger partial charge in [-0.05, 0) is 0 Å². The summed E-state index contributed by atoms with van der Waals surface area (Å²) in [5.41, 5.74) is 0. The minimum absolute atomic E-state index is 0. The monoisotopic (exact) mass is 249 g/mol. The van der Waals surface area contributed by atoms with Crippen molar-refractivity contribution in [3.05, 3.63) is 0 Å². The molecular formula is C9H16ClN3OS. The van der Waals surface area contributed by atoms with Gasteiger partial charge in [-0.15, -0.1) is 24.2 Å². The molecule has 0 aromatic heterocycles. The van der Waals surface area contributed by atoms with E-state index in [1.54, 1.807) is 16.7 Å². The van der Waals surface area contributed by atoms with Crippen molar-refractivity contribution in [2.45, 2.75) is 25.9 Å². The molecule has 0 saturated carbocycles. The molecule has 1 aliphatic heterocycles. The van der Waals surface area contributed by atoms with Crippen LogP contribution in [0.2, 0.25) is 0 Å². The summed E-state index contributed by atoms with van der Waals surface area (Å²) < 4.78 is 0. The van der Waals surface area contributed by atoms with Gasteiger partial charge in [0.15, 0.2) is 0 Å². The van der Waals surface area contributed by atoms with E-state index in [1.165, 1.54) is 0 Å². The number of nitrogens with one attached hydrogen (secondary N) is 1. The lowest BCUT2D eigenvalue weighted by molar-refractivity contribution is -0.129. The van der Waals surface area contributed by atoms with Crippen LogP contribution in [0.4, 0.5) is 0 Å². The molecule has 1 rings (SSSR count). The lowest BCUT2D eigenvalue weighted by Gasteiger charge is -2.19. The fraction of sp³-hybridized carbons (Fsp3) is 0.778. The Bertz CT molecular complexity index is 254. The number of carbonyl (C=O) groups is 1. The van der Waals surface area contributed by atoms with Gasteiger partial charge in [-0.2, -0.15) is 5.26 Å². The Morgan fingerprint density at radius 2 is 2.40 bits per heavy atom. The number of halogens is 1. The molecule has 1 heterocycles. The second-order valence-electron chi connectivity index (χ2n) is 3.54. The van der Waals surface area contributed by atoms with Crippen molar-refractivity contribution in [1.82, 2.24) is 10.2 Å². The zero-order chi connectivity index (χ0) is 10.6. The van der Waals surface area contributed by atoms with E-state index in [4.69, 9.17) is 5.26 Å². The topological polar surface area (TPSA) is 56.1 Å². The third-order valence-corrected chi connectivity index (χ3v) is 3.03. The number of thioether (sulfide) groups is 1. The SMILES string of the molecule is CC(C)NCC(=O)N1CSC[C@H]1C#N.Cl. The number of rotatable bonds is 3. The molecule has 0 radical (unpaired) electrons. The van der Waals surface area contributed by atoms with Gasteiger partial charge in [0.25, 0.3) is 0 Å². The average Bonchev–Trinajstić information content (AvgIpc) is 2.61. The fourth-order valence-corrected chi connectivity index (χ4v) is 2.29. The van der Waals surface area contributed by atoms with Crippen molar-refractivity contribution >= 4 is 30.1 Å². The number of nitriles is 1. The smallest absolute Gasteiger partial charge is 0.238 e. The Balaban J connectivity index is 0.00000196. The summed E-state index contributed by atoms with van der Waals surface area (Å²) in [4.78, 5) is 13.3. The second kappa shape index (κ2) is 6.94. The van der Waals surface area contributed by atoms with Gasteiger partial charge in [-0.25, -0.2) is 0 Å². The maximum absolute atomic E-state index is 11.6. The van der Waals surface area contributed by atoms with Crippen LogP contribution in [-0.2, 0) is 4.79 Å². The Morgan fingerprint density at radius 1 is 1.73 bits per heavy atom. The lowest BCUT2D eigenvalue weighted by Crippen LogP contribution is -2.42. The Kier molecular flexibility index (Phi) is 6.73. The molecule has 0 aliphatic carbocycles. The molecule has 0 aromatic rings.